The smallest absolute Gasteiger partial charge is 0.256 e. The average molecular weight is 321 g/mol. The third-order valence-corrected chi connectivity index (χ3v) is 5.21. The molecule has 2 aliphatic heterocycles. The lowest BCUT2D eigenvalue weighted by Gasteiger charge is -2.41. The Morgan fingerprint density at radius 3 is 2.46 bits per heavy atom. The molecule has 0 aliphatic carbocycles. The molecule has 2 heterocycles. The molecular weight excluding hydrogens is 298 g/mol. The summed E-state index contributed by atoms with van der Waals surface area (Å²) in [7, 11) is 4.19. The van der Waals surface area contributed by atoms with Gasteiger partial charge in [-0.05, 0) is 25.7 Å². The molecule has 0 bridgehead atoms. The van der Waals surface area contributed by atoms with Crippen molar-refractivity contribution in [3.05, 3.63) is 71.3 Å². The Hall–Kier alpha value is -2.17. The fourth-order valence-electron chi connectivity index (χ4n) is 4.16. The van der Waals surface area contributed by atoms with Crippen LogP contribution >= 0.6 is 0 Å². The molecule has 2 aromatic carbocycles. The number of nitrogens with zero attached hydrogens (tertiary/aromatic N) is 3. The monoisotopic (exact) mass is 321 g/mol. The first-order valence-electron chi connectivity index (χ1n) is 8.52. The van der Waals surface area contributed by atoms with E-state index in [0.717, 1.165) is 37.3 Å². The topological polar surface area (TPSA) is 26.8 Å². The van der Waals surface area contributed by atoms with Gasteiger partial charge in [-0.2, -0.15) is 0 Å². The standard InChI is InChI=1S/C20H23N3O/c1-21(2)12-13-22-14-15-23-19(24)17-10-6-7-11-18(17)20(22,23)16-8-4-3-5-9-16/h3-11H,12-15H2,1-2H3. The predicted octanol–water partition coefficient (Wildman–Crippen LogP) is 2.22. The molecule has 1 unspecified atom stereocenters. The van der Waals surface area contributed by atoms with Crippen LogP contribution in [0.25, 0.3) is 0 Å². The van der Waals surface area contributed by atoms with Crippen LogP contribution in [0.1, 0.15) is 21.5 Å². The zero-order valence-corrected chi connectivity index (χ0v) is 14.3. The van der Waals surface area contributed by atoms with Crippen LogP contribution in [-0.4, -0.2) is 60.9 Å². The highest BCUT2D eigenvalue weighted by atomic mass is 16.2. The van der Waals surface area contributed by atoms with E-state index in [2.05, 4.69) is 59.1 Å². The second-order valence-corrected chi connectivity index (χ2v) is 6.83. The summed E-state index contributed by atoms with van der Waals surface area (Å²) in [4.78, 5) is 19.8. The highest BCUT2D eigenvalue weighted by Gasteiger charge is 2.57. The zero-order chi connectivity index (χ0) is 16.7. The van der Waals surface area contributed by atoms with E-state index in [1.54, 1.807) is 0 Å². The van der Waals surface area contributed by atoms with Crippen LogP contribution in [0.3, 0.4) is 0 Å². The van der Waals surface area contributed by atoms with E-state index < -0.39 is 5.66 Å². The second-order valence-electron chi connectivity index (χ2n) is 6.83. The SMILES string of the molecule is CN(C)CCN1CCN2C(=O)c3ccccc3C12c1ccccc1. The molecule has 1 atom stereocenters. The summed E-state index contributed by atoms with van der Waals surface area (Å²) < 4.78 is 0. The van der Waals surface area contributed by atoms with Gasteiger partial charge in [0.1, 0.15) is 5.66 Å². The minimum absolute atomic E-state index is 0.154. The Morgan fingerprint density at radius 1 is 1.00 bits per heavy atom. The third kappa shape index (κ3) is 2.03. The third-order valence-electron chi connectivity index (χ3n) is 5.21. The number of likely N-dealkylation sites (N-methyl/N-ethyl adjacent to an activating group) is 1. The average Bonchev–Trinajstić information content (AvgIpc) is 3.10. The van der Waals surface area contributed by atoms with Gasteiger partial charge >= 0.3 is 0 Å². The Kier molecular flexibility index (Phi) is 3.66. The highest BCUT2D eigenvalue weighted by Crippen LogP contribution is 2.49. The highest BCUT2D eigenvalue weighted by molar-refractivity contribution is 6.01. The van der Waals surface area contributed by atoms with Crippen LogP contribution in [-0.2, 0) is 5.66 Å². The number of carbonyl (C=O) groups excluding carboxylic acids is 1. The van der Waals surface area contributed by atoms with Gasteiger partial charge in [0.25, 0.3) is 5.91 Å². The zero-order valence-electron chi connectivity index (χ0n) is 14.3. The van der Waals surface area contributed by atoms with E-state index in [4.69, 9.17) is 0 Å². The van der Waals surface area contributed by atoms with Gasteiger partial charge in [-0.1, -0.05) is 48.5 Å². The lowest BCUT2D eigenvalue weighted by atomic mass is 9.90. The summed E-state index contributed by atoms with van der Waals surface area (Å²) in [5.74, 6) is 0.154. The van der Waals surface area contributed by atoms with Gasteiger partial charge in [0.05, 0.1) is 0 Å². The van der Waals surface area contributed by atoms with Gasteiger partial charge in [-0.15, -0.1) is 0 Å². The maximum absolute atomic E-state index is 13.0. The molecule has 0 saturated carbocycles. The first-order valence-corrected chi connectivity index (χ1v) is 8.52. The molecule has 4 nitrogen and oxygen atoms in total. The summed E-state index contributed by atoms with van der Waals surface area (Å²) in [6.45, 7) is 3.58. The maximum atomic E-state index is 13.0. The first-order chi connectivity index (χ1) is 11.7. The largest absolute Gasteiger partial charge is 0.311 e. The van der Waals surface area contributed by atoms with E-state index >= 15 is 0 Å². The Labute approximate surface area is 143 Å². The molecule has 4 rings (SSSR count). The number of amides is 1. The second kappa shape index (κ2) is 5.72. The molecule has 0 aromatic heterocycles. The van der Waals surface area contributed by atoms with Crippen molar-refractivity contribution in [2.75, 3.05) is 40.3 Å². The van der Waals surface area contributed by atoms with Crippen molar-refractivity contribution in [1.82, 2.24) is 14.7 Å². The number of benzene rings is 2. The molecule has 4 heteroatoms. The minimum atomic E-state index is -0.453. The molecule has 1 saturated heterocycles. The van der Waals surface area contributed by atoms with E-state index in [9.17, 15) is 4.79 Å². The molecule has 0 radical (unpaired) electrons. The van der Waals surface area contributed by atoms with Crippen LogP contribution in [0.5, 0.6) is 0 Å². The van der Waals surface area contributed by atoms with Crippen molar-refractivity contribution < 1.29 is 4.79 Å². The molecule has 2 aromatic rings. The maximum Gasteiger partial charge on any atom is 0.256 e. The summed E-state index contributed by atoms with van der Waals surface area (Å²) in [5.41, 5.74) is 2.69. The van der Waals surface area contributed by atoms with Gasteiger partial charge in [0, 0.05) is 37.3 Å². The van der Waals surface area contributed by atoms with Crippen LogP contribution in [0, 0.1) is 0 Å². The molecule has 1 amide bonds. The first kappa shape index (κ1) is 15.4. The Morgan fingerprint density at radius 2 is 1.71 bits per heavy atom. The number of rotatable bonds is 4. The summed E-state index contributed by atoms with van der Waals surface area (Å²) >= 11 is 0. The lowest BCUT2D eigenvalue weighted by Crippen LogP contribution is -2.50. The summed E-state index contributed by atoms with van der Waals surface area (Å²) in [5, 5.41) is 0. The quantitative estimate of drug-likeness (QED) is 0.864. The summed E-state index contributed by atoms with van der Waals surface area (Å²) in [6, 6.07) is 18.6. The van der Waals surface area contributed by atoms with Gasteiger partial charge in [0.15, 0.2) is 0 Å². The van der Waals surface area contributed by atoms with Crippen LogP contribution in [0.4, 0.5) is 0 Å². The molecule has 1 fully saturated rings. The number of fused-ring (bicyclic) bond motifs is 3. The van der Waals surface area contributed by atoms with Crippen molar-refractivity contribution in [1.29, 1.82) is 0 Å². The van der Waals surface area contributed by atoms with Crippen LogP contribution < -0.4 is 0 Å². The van der Waals surface area contributed by atoms with Crippen molar-refractivity contribution in [2.45, 2.75) is 5.66 Å². The van der Waals surface area contributed by atoms with Crippen molar-refractivity contribution in [3.63, 3.8) is 0 Å². The van der Waals surface area contributed by atoms with Gasteiger partial charge in [-0.25, -0.2) is 0 Å². The van der Waals surface area contributed by atoms with E-state index in [1.165, 1.54) is 5.56 Å². The van der Waals surface area contributed by atoms with E-state index in [1.807, 2.05) is 24.3 Å². The minimum Gasteiger partial charge on any atom is -0.311 e. The van der Waals surface area contributed by atoms with Crippen molar-refractivity contribution in [3.8, 4) is 0 Å². The van der Waals surface area contributed by atoms with Crippen LogP contribution in [0.2, 0.25) is 0 Å². The lowest BCUT2D eigenvalue weighted by molar-refractivity contribution is 0.0437. The van der Waals surface area contributed by atoms with E-state index in [0.29, 0.717) is 0 Å². The molecule has 2 aliphatic rings. The van der Waals surface area contributed by atoms with Crippen molar-refractivity contribution in [2.24, 2.45) is 0 Å². The van der Waals surface area contributed by atoms with Gasteiger partial charge < -0.3 is 9.80 Å². The number of carbonyl (C=O) groups is 1. The van der Waals surface area contributed by atoms with E-state index in [-0.39, 0.29) is 5.91 Å². The number of hydrogen-bond acceptors (Lipinski definition) is 3. The molecular formula is C20H23N3O. The van der Waals surface area contributed by atoms with Gasteiger partial charge in [-0.3, -0.25) is 9.69 Å². The predicted molar refractivity (Wildman–Crippen MR) is 94.8 cm³/mol. The Balaban J connectivity index is 1.90. The molecule has 24 heavy (non-hydrogen) atoms. The normalized spacial score (nSPS) is 23.0. The van der Waals surface area contributed by atoms with Gasteiger partial charge in [0.2, 0.25) is 0 Å². The molecule has 124 valence electrons. The molecule has 0 N–H and O–H groups in total. The van der Waals surface area contributed by atoms with Crippen LogP contribution in [0.15, 0.2) is 54.6 Å². The fourth-order valence-corrected chi connectivity index (χ4v) is 4.16. The summed E-state index contributed by atoms with van der Waals surface area (Å²) in [6.07, 6.45) is 0. The van der Waals surface area contributed by atoms with Crippen molar-refractivity contribution >= 4 is 5.91 Å². The Bertz CT molecular complexity index is 758. The fraction of sp³-hybridized carbons (Fsp3) is 0.350. The molecule has 0 spiro atoms. The number of hydrogen-bond donors (Lipinski definition) is 0.